The Bertz CT molecular complexity index is 1000. The summed E-state index contributed by atoms with van der Waals surface area (Å²) in [5.41, 5.74) is 1.08. The molecule has 0 saturated heterocycles. The van der Waals surface area contributed by atoms with Crippen LogP contribution >= 0.6 is 0 Å². The van der Waals surface area contributed by atoms with E-state index in [0.29, 0.717) is 17.7 Å². The first-order chi connectivity index (χ1) is 11.2. The molecule has 0 spiro atoms. The summed E-state index contributed by atoms with van der Waals surface area (Å²) in [4.78, 5) is 0.0358. The maximum atomic E-state index is 13.0. The van der Waals surface area contributed by atoms with E-state index in [0.717, 1.165) is 0 Å². The zero-order chi connectivity index (χ0) is 17.5. The number of nitrogens with two attached hydrogens (primary N) is 1. The van der Waals surface area contributed by atoms with E-state index in [4.69, 9.17) is 9.88 Å². The lowest BCUT2D eigenvalue weighted by molar-refractivity contribution is 0.402. The minimum Gasteiger partial charge on any atom is -0.495 e. The van der Waals surface area contributed by atoms with Gasteiger partial charge in [-0.3, -0.25) is 4.31 Å². The van der Waals surface area contributed by atoms with E-state index in [-0.39, 0.29) is 22.1 Å². The first kappa shape index (κ1) is 16.7. The van der Waals surface area contributed by atoms with Gasteiger partial charge in [0.2, 0.25) is 10.0 Å². The second-order valence-corrected chi connectivity index (χ2v) is 8.71. The fourth-order valence-corrected chi connectivity index (χ4v) is 4.95. The predicted molar refractivity (Wildman–Crippen MR) is 89.0 cm³/mol. The number of hydrogen-bond donors (Lipinski definition) is 1. The second kappa shape index (κ2) is 5.76. The molecule has 0 aliphatic carbocycles. The molecule has 0 saturated carbocycles. The van der Waals surface area contributed by atoms with Crippen molar-refractivity contribution in [2.45, 2.75) is 16.2 Å². The summed E-state index contributed by atoms with van der Waals surface area (Å²) in [7, 11) is -6.24. The molecule has 1 heterocycles. The van der Waals surface area contributed by atoms with Crippen molar-refractivity contribution in [3.8, 4) is 5.75 Å². The summed E-state index contributed by atoms with van der Waals surface area (Å²) in [6.45, 7) is 0.226. The molecule has 0 fully saturated rings. The van der Waals surface area contributed by atoms with Crippen LogP contribution in [0.2, 0.25) is 0 Å². The molecule has 0 aromatic heterocycles. The quantitative estimate of drug-likeness (QED) is 0.869. The molecule has 0 radical (unpaired) electrons. The normalized spacial score (nSPS) is 14.5. The largest absolute Gasteiger partial charge is 0.495 e. The summed E-state index contributed by atoms with van der Waals surface area (Å²) in [6, 6.07) is 10.6. The molecule has 24 heavy (non-hydrogen) atoms. The van der Waals surface area contributed by atoms with Crippen LogP contribution in [0.4, 0.5) is 5.69 Å². The first-order valence-corrected chi connectivity index (χ1v) is 10.1. The summed E-state index contributed by atoms with van der Waals surface area (Å²) in [5, 5.41) is 5.12. The number of ether oxygens (including phenoxy) is 1. The van der Waals surface area contributed by atoms with Crippen LogP contribution in [0.25, 0.3) is 0 Å². The molecule has 2 N–H and O–H groups in total. The number of fused-ring (bicyclic) bond motifs is 1. The SMILES string of the molecule is COc1ccccc1S(=O)(=O)N1CCc2cc(S(N)(=O)=O)ccc21. The van der Waals surface area contributed by atoms with Gasteiger partial charge in [-0.1, -0.05) is 12.1 Å². The summed E-state index contributed by atoms with van der Waals surface area (Å²) >= 11 is 0. The molecule has 1 aliphatic rings. The van der Waals surface area contributed by atoms with Gasteiger partial charge in [-0.2, -0.15) is 0 Å². The monoisotopic (exact) mass is 368 g/mol. The Labute approximate surface area is 140 Å². The number of nitrogens with zero attached hydrogens (tertiary/aromatic N) is 1. The van der Waals surface area contributed by atoms with Crippen LogP contribution in [0.5, 0.6) is 5.75 Å². The fourth-order valence-electron chi connectivity index (χ4n) is 2.73. The van der Waals surface area contributed by atoms with Gasteiger partial charge in [-0.15, -0.1) is 0 Å². The smallest absolute Gasteiger partial charge is 0.268 e. The van der Waals surface area contributed by atoms with E-state index in [1.54, 1.807) is 18.2 Å². The molecule has 7 nitrogen and oxygen atoms in total. The Morgan fingerprint density at radius 1 is 1.08 bits per heavy atom. The third-order valence-electron chi connectivity index (χ3n) is 3.87. The van der Waals surface area contributed by atoms with Gasteiger partial charge in [0, 0.05) is 6.54 Å². The zero-order valence-electron chi connectivity index (χ0n) is 12.8. The topological polar surface area (TPSA) is 107 Å². The van der Waals surface area contributed by atoms with Crippen LogP contribution in [0.15, 0.2) is 52.3 Å². The van der Waals surface area contributed by atoms with E-state index < -0.39 is 20.0 Å². The number of hydrogen-bond acceptors (Lipinski definition) is 5. The minimum atomic E-state index is -3.83. The van der Waals surface area contributed by atoms with Crippen molar-refractivity contribution in [1.29, 1.82) is 0 Å². The maximum Gasteiger partial charge on any atom is 0.268 e. The highest BCUT2D eigenvalue weighted by Gasteiger charge is 2.33. The van der Waals surface area contributed by atoms with Gasteiger partial charge >= 0.3 is 0 Å². The number of anilines is 1. The molecule has 2 aromatic rings. The summed E-state index contributed by atoms with van der Waals surface area (Å²) in [5.74, 6) is 0.257. The molecule has 128 valence electrons. The van der Waals surface area contributed by atoms with Crippen molar-refractivity contribution in [2.75, 3.05) is 18.0 Å². The Hall–Kier alpha value is -2.10. The molecular formula is C15H16N2O5S2. The Kier molecular flexibility index (Phi) is 4.02. The van der Waals surface area contributed by atoms with Crippen LogP contribution in [-0.2, 0) is 26.5 Å². The van der Waals surface area contributed by atoms with E-state index in [1.807, 2.05) is 0 Å². The Morgan fingerprint density at radius 2 is 1.79 bits per heavy atom. The van der Waals surface area contributed by atoms with Crippen LogP contribution in [0, 0.1) is 0 Å². The van der Waals surface area contributed by atoms with Crippen molar-refractivity contribution in [1.82, 2.24) is 0 Å². The van der Waals surface area contributed by atoms with Crippen molar-refractivity contribution in [3.05, 3.63) is 48.0 Å². The van der Waals surface area contributed by atoms with Crippen molar-refractivity contribution in [2.24, 2.45) is 5.14 Å². The zero-order valence-corrected chi connectivity index (χ0v) is 14.5. The molecule has 2 aromatic carbocycles. The Morgan fingerprint density at radius 3 is 2.46 bits per heavy atom. The number of para-hydroxylation sites is 1. The van der Waals surface area contributed by atoms with Gasteiger partial charge in [-0.05, 0) is 42.3 Å². The number of methoxy groups -OCH3 is 1. The van der Waals surface area contributed by atoms with Crippen LogP contribution < -0.4 is 14.2 Å². The van der Waals surface area contributed by atoms with E-state index in [1.165, 1.54) is 35.7 Å². The van der Waals surface area contributed by atoms with Gasteiger partial charge in [0.1, 0.15) is 10.6 Å². The second-order valence-electron chi connectivity index (χ2n) is 5.31. The standard InChI is InChI=1S/C15H16N2O5S2/c1-22-14-4-2-3-5-15(14)24(20,21)17-9-8-11-10-12(23(16,18)19)6-7-13(11)17/h2-7,10H,8-9H2,1H3,(H2,16,18,19). The van der Waals surface area contributed by atoms with Crippen molar-refractivity contribution < 1.29 is 21.6 Å². The average Bonchev–Trinajstić information content (AvgIpc) is 2.97. The average molecular weight is 368 g/mol. The van der Waals surface area contributed by atoms with Gasteiger partial charge in [0.15, 0.2) is 0 Å². The van der Waals surface area contributed by atoms with Gasteiger partial charge < -0.3 is 4.74 Å². The molecule has 9 heteroatoms. The first-order valence-electron chi connectivity index (χ1n) is 7.06. The van der Waals surface area contributed by atoms with Gasteiger partial charge in [-0.25, -0.2) is 22.0 Å². The number of rotatable bonds is 4. The number of primary sulfonamides is 1. The maximum absolute atomic E-state index is 13.0. The van der Waals surface area contributed by atoms with Crippen LogP contribution in [0.1, 0.15) is 5.56 Å². The van der Waals surface area contributed by atoms with Crippen molar-refractivity contribution >= 4 is 25.7 Å². The molecule has 0 bridgehead atoms. The summed E-state index contributed by atoms with van der Waals surface area (Å²) < 4.78 is 55.2. The van der Waals surface area contributed by atoms with Gasteiger partial charge in [0.25, 0.3) is 10.0 Å². The molecule has 1 aliphatic heterocycles. The van der Waals surface area contributed by atoms with Crippen molar-refractivity contribution in [3.63, 3.8) is 0 Å². The van der Waals surface area contributed by atoms with E-state index in [9.17, 15) is 16.8 Å². The highest BCUT2D eigenvalue weighted by atomic mass is 32.2. The minimum absolute atomic E-state index is 0.0298. The molecule has 0 unspecified atom stereocenters. The van der Waals surface area contributed by atoms with E-state index in [2.05, 4.69) is 0 Å². The number of sulfonamides is 2. The van der Waals surface area contributed by atoms with Crippen LogP contribution in [-0.4, -0.2) is 30.5 Å². The lowest BCUT2D eigenvalue weighted by atomic mass is 10.2. The predicted octanol–water partition coefficient (Wildman–Crippen LogP) is 1.09. The van der Waals surface area contributed by atoms with Crippen LogP contribution in [0.3, 0.4) is 0 Å². The lowest BCUT2D eigenvalue weighted by Crippen LogP contribution is -2.29. The lowest BCUT2D eigenvalue weighted by Gasteiger charge is -2.21. The number of benzene rings is 2. The van der Waals surface area contributed by atoms with Gasteiger partial charge in [0.05, 0.1) is 17.7 Å². The van der Waals surface area contributed by atoms with E-state index >= 15 is 0 Å². The Balaban J connectivity index is 2.08. The highest BCUT2D eigenvalue weighted by molar-refractivity contribution is 7.93. The highest BCUT2D eigenvalue weighted by Crippen LogP contribution is 2.36. The third-order valence-corrected chi connectivity index (χ3v) is 6.63. The fraction of sp³-hybridized carbons (Fsp3) is 0.200. The molecular weight excluding hydrogens is 352 g/mol. The molecule has 0 amide bonds. The third kappa shape index (κ3) is 2.74. The molecule has 0 atom stereocenters. The molecule has 3 rings (SSSR count). The summed E-state index contributed by atoms with van der Waals surface area (Å²) in [6.07, 6.45) is 0.410.